The number of fused-ring (bicyclic) bond motifs is 2. The molecule has 2 heterocycles. The van der Waals surface area contributed by atoms with E-state index in [1.807, 2.05) is 48.7 Å². The van der Waals surface area contributed by atoms with E-state index in [0.717, 1.165) is 11.1 Å². The van der Waals surface area contributed by atoms with Gasteiger partial charge in [-0.2, -0.15) is 0 Å². The number of para-hydroxylation sites is 3. The molecule has 8 nitrogen and oxygen atoms in total. The number of benzene rings is 3. The van der Waals surface area contributed by atoms with Crippen molar-refractivity contribution in [2.75, 3.05) is 25.8 Å². The van der Waals surface area contributed by atoms with E-state index in [-0.39, 0.29) is 12.7 Å². The van der Waals surface area contributed by atoms with Crippen molar-refractivity contribution in [2.24, 2.45) is 4.99 Å². The molecule has 4 aromatic rings. The molecule has 0 unspecified atom stereocenters. The van der Waals surface area contributed by atoms with Crippen molar-refractivity contribution in [3.05, 3.63) is 84.1 Å². The molecular weight excluding hydrogens is 432 g/mol. The molecule has 0 saturated carbocycles. The van der Waals surface area contributed by atoms with Crippen molar-refractivity contribution < 1.29 is 19.0 Å². The quantitative estimate of drug-likeness (QED) is 0.296. The van der Waals surface area contributed by atoms with Crippen molar-refractivity contribution in [3.8, 4) is 17.2 Å². The van der Waals surface area contributed by atoms with Crippen molar-refractivity contribution >= 4 is 28.5 Å². The number of aromatic nitrogens is 1. The average Bonchev–Trinajstić information content (AvgIpc) is 3.51. The molecule has 0 aliphatic carbocycles. The fourth-order valence-corrected chi connectivity index (χ4v) is 3.83. The highest BCUT2D eigenvalue weighted by Crippen LogP contribution is 2.32. The Labute approximate surface area is 196 Å². The van der Waals surface area contributed by atoms with E-state index in [4.69, 9.17) is 14.2 Å². The van der Waals surface area contributed by atoms with Crippen molar-refractivity contribution in [2.45, 2.75) is 6.42 Å². The molecule has 1 amide bonds. The molecule has 0 spiro atoms. The first-order chi connectivity index (χ1) is 16.7. The summed E-state index contributed by atoms with van der Waals surface area (Å²) in [5.74, 6) is 1.82. The number of nitrogens with one attached hydrogen (secondary N) is 3. The topological polar surface area (TPSA) is 97.0 Å². The van der Waals surface area contributed by atoms with Crippen molar-refractivity contribution in [1.29, 1.82) is 0 Å². The Morgan fingerprint density at radius 1 is 1.06 bits per heavy atom. The molecule has 1 aliphatic rings. The van der Waals surface area contributed by atoms with Crippen LogP contribution in [0.1, 0.15) is 15.9 Å². The maximum Gasteiger partial charge on any atom is 0.258 e. The highest BCUT2D eigenvalue weighted by Gasteiger charge is 2.17. The summed E-state index contributed by atoms with van der Waals surface area (Å²) >= 11 is 0. The van der Waals surface area contributed by atoms with Crippen LogP contribution in [-0.4, -0.2) is 37.3 Å². The summed E-state index contributed by atoms with van der Waals surface area (Å²) in [4.78, 5) is 20.9. The minimum atomic E-state index is -0.313. The van der Waals surface area contributed by atoms with Gasteiger partial charge in [-0.15, -0.1) is 0 Å². The zero-order valence-electron chi connectivity index (χ0n) is 18.6. The molecule has 0 saturated heterocycles. The van der Waals surface area contributed by atoms with Crippen LogP contribution in [0.5, 0.6) is 17.2 Å². The lowest BCUT2D eigenvalue weighted by Crippen LogP contribution is -2.36. The molecule has 0 bridgehead atoms. The SMILES string of the molecule is COc1ccccc1NC(=NCCc1c[nH]c2ccccc12)NC(=O)c1ccc2c(c1)OCO2. The smallest absolute Gasteiger partial charge is 0.258 e. The summed E-state index contributed by atoms with van der Waals surface area (Å²) in [5.41, 5.74) is 3.39. The standard InChI is InChI=1S/C26H24N4O4/c1-32-22-9-5-4-8-21(22)29-26(27-13-12-18-15-28-20-7-3-2-6-19(18)20)30-25(31)17-10-11-23-24(14-17)34-16-33-23/h2-11,14-15,28H,12-13,16H2,1H3,(H2,27,29,30,31). The number of guanidine groups is 1. The fourth-order valence-electron chi connectivity index (χ4n) is 3.83. The highest BCUT2D eigenvalue weighted by atomic mass is 16.7. The summed E-state index contributed by atoms with van der Waals surface area (Å²) in [6.45, 7) is 0.622. The second kappa shape index (κ2) is 9.58. The minimum Gasteiger partial charge on any atom is -0.495 e. The molecule has 3 N–H and O–H groups in total. The summed E-state index contributed by atoms with van der Waals surface area (Å²) in [7, 11) is 1.60. The molecule has 0 atom stereocenters. The molecular formula is C26H24N4O4. The van der Waals surface area contributed by atoms with Crippen LogP contribution in [0.15, 0.2) is 77.9 Å². The van der Waals surface area contributed by atoms with Gasteiger partial charge in [-0.05, 0) is 48.4 Å². The molecule has 0 fully saturated rings. The number of aliphatic imine (C=N–C) groups is 1. The fraction of sp³-hybridized carbons (Fsp3) is 0.154. The Hall–Kier alpha value is -4.46. The van der Waals surface area contributed by atoms with Crippen molar-refractivity contribution in [1.82, 2.24) is 10.3 Å². The first kappa shape index (κ1) is 21.4. The van der Waals surface area contributed by atoms with Gasteiger partial charge in [0.1, 0.15) is 5.75 Å². The van der Waals surface area contributed by atoms with Crippen LogP contribution in [0.25, 0.3) is 10.9 Å². The van der Waals surface area contributed by atoms with E-state index in [1.165, 1.54) is 5.39 Å². The minimum absolute atomic E-state index is 0.149. The van der Waals surface area contributed by atoms with Gasteiger partial charge in [0, 0.05) is 29.2 Å². The third-order valence-corrected chi connectivity index (χ3v) is 5.55. The van der Waals surface area contributed by atoms with Gasteiger partial charge in [-0.3, -0.25) is 15.1 Å². The summed E-state index contributed by atoms with van der Waals surface area (Å²) in [5, 5.41) is 7.25. The van der Waals surface area contributed by atoms with E-state index in [9.17, 15) is 4.79 Å². The van der Waals surface area contributed by atoms with Crippen LogP contribution in [0, 0.1) is 0 Å². The summed E-state index contributed by atoms with van der Waals surface area (Å²) in [6, 6.07) is 20.7. The monoisotopic (exact) mass is 456 g/mol. The molecule has 8 heteroatoms. The number of carbonyl (C=O) groups is 1. The third-order valence-electron chi connectivity index (χ3n) is 5.55. The van der Waals surface area contributed by atoms with Crippen molar-refractivity contribution in [3.63, 3.8) is 0 Å². The maximum atomic E-state index is 13.0. The lowest BCUT2D eigenvalue weighted by atomic mass is 10.1. The van der Waals surface area contributed by atoms with E-state index < -0.39 is 0 Å². The van der Waals surface area contributed by atoms with Crippen LogP contribution in [0.3, 0.4) is 0 Å². The Balaban J connectivity index is 1.36. The van der Waals surface area contributed by atoms with E-state index in [2.05, 4.69) is 26.7 Å². The number of H-pyrrole nitrogens is 1. The Morgan fingerprint density at radius 2 is 1.88 bits per heavy atom. The number of hydrogen-bond acceptors (Lipinski definition) is 5. The zero-order valence-corrected chi connectivity index (χ0v) is 18.6. The normalized spacial score (nSPS) is 12.6. The Kier molecular flexibility index (Phi) is 6.03. The molecule has 1 aliphatic heterocycles. The molecule has 172 valence electrons. The van der Waals surface area contributed by atoms with Gasteiger partial charge in [-0.1, -0.05) is 30.3 Å². The van der Waals surface area contributed by atoms with Crippen LogP contribution >= 0.6 is 0 Å². The summed E-state index contributed by atoms with van der Waals surface area (Å²) < 4.78 is 16.2. The first-order valence-corrected chi connectivity index (χ1v) is 10.9. The van der Waals surface area contributed by atoms with Crippen LogP contribution in [0.4, 0.5) is 5.69 Å². The molecule has 34 heavy (non-hydrogen) atoms. The zero-order chi connectivity index (χ0) is 23.3. The lowest BCUT2D eigenvalue weighted by molar-refractivity contribution is 0.0976. The van der Waals surface area contributed by atoms with Crippen LogP contribution in [0.2, 0.25) is 0 Å². The van der Waals surface area contributed by atoms with Gasteiger partial charge in [0.05, 0.1) is 12.8 Å². The van der Waals surface area contributed by atoms with Gasteiger partial charge < -0.3 is 24.5 Å². The number of ether oxygens (including phenoxy) is 3. The summed E-state index contributed by atoms with van der Waals surface area (Å²) in [6.07, 6.45) is 2.71. The van der Waals surface area contributed by atoms with Crippen LogP contribution < -0.4 is 24.8 Å². The number of aromatic amines is 1. The van der Waals surface area contributed by atoms with Gasteiger partial charge in [0.15, 0.2) is 11.5 Å². The number of hydrogen-bond donors (Lipinski definition) is 3. The second-order valence-electron chi connectivity index (χ2n) is 7.69. The molecule has 5 rings (SSSR count). The predicted octanol–water partition coefficient (Wildman–Crippen LogP) is 4.35. The maximum absolute atomic E-state index is 13.0. The molecule has 3 aromatic carbocycles. The number of rotatable bonds is 6. The van der Waals surface area contributed by atoms with Gasteiger partial charge in [0.25, 0.3) is 5.91 Å². The van der Waals surface area contributed by atoms with E-state index >= 15 is 0 Å². The number of amides is 1. The highest BCUT2D eigenvalue weighted by molar-refractivity contribution is 6.10. The van der Waals surface area contributed by atoms with E-state index in [0.29, 0.717) is 47.4 Å². The van der Waals surface area contributed by atoms with Crippen LogP contribution in [-0.2, 0) is 6.42 Å². The number of carbonyl (C=O) groups excluding carboxylic acids is 1. The first-order valence-electron chi connectivity index (χ1n) is 10.9. The molecule has 1 aromatic heterocycles. The Morgan fingerprint density at radius 3 is 2.79 bits per heavy atom. The van der Waals surface area contributed by atoms with Gasteiger partial charge in [0.2, 0.25) is 12.8 Å². The van der Waals surface area contributed by atoms with Gasteiger partial charge in [-0.25, -0.2) is 0 Å². The second-order valence-corrected chi connectivity index (χ2v) is 7.69. The van der Waals surface area contributed by atoms with Gasteiger partial charge >= 0.3 is 0 Å². The largest absolute Gasteiger partial charge is 0.495 e. The predicted molar refractivity (Wildman–Crippen MR) is 131 cm³/mol. The third kappa shape index (κ3) is 4.52. The number of anilines is 1. The number of nitrogens with zero attached hydrogens (tertiary/aromatic N) is 1. The molecule has 0 radical (unpaired) electrons. The van der Waals surface area contributed by atoms with E-state index in [1.54, 1.807) is 25.3 Å². The number of methoxy groups -OCH3 is 1. The Bertz CT molecular complexity index is 1360. The lowest BCUT2D eigenvalue weighted by Gasteiger charge is -2.14. The average molecular weight is 457 g/mol.